The normalized spacial score (nSPS) is 12.8. The fourth-order valence-corrected chi connectivity index (χ4v) is 1.31. The first-order valence-electron chi connectivity index (χ1n) is 4.47. The molecule has 1 aromatic heterocycles. The number of carbonyl (C=O) groups is 1. The van der Waals surface area contributed by atoms with Gasteiger partial charge in [0.25, 0.3) is 0 Å². The molecule has 0 amide bonds. The van der Waals surface area contributed by atoms with E-state index in [0.29, 0.717) is 6.54 Å². The van der Waals surface area contributed by atoms with E-state index in [1.165, 1.54) is 0 Å². The maximum absolute atomic E-state index is 10.5. The Hall–Kier alpha value is -1.36. The van der Waals surface area contributed by atoms with Crippen LogP contribution in [0.5, 0.6) is 0 Å². The predicted octanol–water partition coefficient (Wildman–Crippen LogP) is 0.246. The number of hydrogen-bond donors (Lipinski definition) is 2. The van der Waals surface area contributed by atoms with Gasteiger partial charge >= 0.3 is 5.97 Å². The van der Waals surface area contributed by atoms with Gasteiger partial charge in [-0.2, -0.15) is 5.10 Å². The van der Waals surface area contributed by atoms with E-state index in [4.69, 9.17) is 10.8 Å². The van der Waals surface area contributed by atoms with Gasteiger partial charge in [-0.15, -0.1) is 0 Å². The molecule has 3 N–H and O–H groups in total. The summed E-state index contributed by atoms with van der Waals surface area (Å²) < 4.78 is 1.72. The number of aliphatic carboxylic acids is 1. The SMILES string of the molecule is Cc1cc(C(CN)CC(=O)O)nn1C. The molecular weight excluding hydrogens is 182 g/mol. The molecule has 1 aromatic rings. The fraction of sp³-hybridized carbons (Fsp3) is 0.556. The molecule has 0 saturated carbocycles. The second kappa shape index (κ2) is 4.23. The number of aryl methyl sites for hydroxylation is 2. The van der Waals surface area contributed by atoms with E-state index in [0.717, 1.165) is 11.4 Å². The van der Waals surface area contributed by atoms with Crippen LogP contribution < -0.4 is 5.73 Å². The van der Waals surface area contributed by atoms with Gasteiger partial charge in [0.1, 0.15) is 0 Å². The number of nitrogens with two attached hydrogens (primary N) is 1. The molecule has 1 atom stereocenters. The summed E-state index contributed by atoms with van der Waals surface area (Å²) in [5, 5.41) is 12.9. The van der Waals surface area contributed by atoms with Crippen molar-refractivity contribution in [1.29, 1.82) is 0 Å². The molecule has 1 heterocycles. The van der Waals surface area contributed by atoms with Gasteiger partial charge in [0.15, 0.2) is 0 Å². The van der Waals surface area contributed by atoms with Gasteiger partial charge in [-0.05, 0) is 13.0 Å². The lowest BCUT2D eigenvalue weighted by Gasteiger charge is -2.07. The zero-order valence-electron chi connectivity index (χ0n) is 8.40. The summed E-state index contributed by atoms with van der Waals surface area (Å²) in [4.78, 5) is 10.5. The highest BCUT2D eigenvalue weighted by Gasteiger charge is 2.17. The van der Waals surface area contributed by atoms with E-state index in [-0.39, 0.29) is 12.3 Å². The van der Waals surface area contributed by atoms with Gasteiger partial charge in [-0.3, -0.25) is 9.48 Å². The van der Waals surface area contributed by atoms with Crippen LogP contribution in [0.4, 0.5) is 0 Å². The molecule has 0 spiro atoms. The Bertz CT molecular complexity index is 313. The first-order chi connectivity index (χ1) is 6.54. The number of aromatic nitrogens is 2. The van der Waals surface area contributed by atoms with Crippen molar-refractivity contribution < 1.29 is 9.90 Å². The van der Waals surface area contributed by atoms with Crippen molar-refractivity contribution in [3.05, 3.63) is 17.5 Å². The zero-order chi connectivity index (χ0) is 10.7. The molecule has 0 saturated heterocycles. The van der Waals surface area contributed by atoms with E-state index >= 15 is 0 Å². The monoisotopic (exact) mass is 197 g/mol. The van der Waals surface area contributed by atoms with Crippen molar-refractivity contribution in [3.8, 4) is 0 Å². The molecule has 1 unspecified atom stereocenters. The third kappa shape index (κ3) is 2.32. The number of nitrogens with zero attached hydrogens (tertiary/aromatic N) is 2. The lowest BCUT2D eigenvalue weighted by Crippen LogP contribution is -2.17. The molecule has 0 bridgehead atoms. The summed E-state index contributed by atoms with van der Waals surface area (Å²) in [5.41, 5.74) is 7.26. The Labute approximate surface area is 82.5 Å². The van der Waals surface area contributed by atoms with E-state index in [9.17, 15) is 4.79 Å². The Kier molecular flexibility index (Phi) is 3.24. The lowest BCUT2D eigenvalue weighted by atomic mass is 10.0. The van der Waals surface area contributed by atoms with E-state index in [2.05, 4.69) is 5.10 Å². The van der Waals surface area contributed by atoms with Crippen LogP contribution in [0.3, 0.4) is 0 Å². The molecule has 0 aliphatic carbocycles. The summed E-state index contributed by atoms with van der Waals surface area (Å²) in [6.07, 6.45) is 0.0347. The van der Waals surface area contributed by atoms with Crippen LogP contribution >= 0.6 is 0 Å². The second-order valence-corrected chi connectivity index (χ2v) is 3.36. The Morgan fingerprint density at radius 3 is 2.79 bits per heavy atom. The minimum absolute atomic E-state index is 0.0347. The van der Waals surface area contributed by atoms with Gasteiger partial charge < -0.3 is 10.8 Å². The largest absolute Gasteiger partial charge is 0.481 e. The van der Waals surface area contributed by atoms with E-state index < -0.39 is 5.97 Å². The van der Waals surface area contributed by atoms with Crippen LogP contribution in [0, 0.1) is 6.92 Å². The third-order valence-corrected chi connectivity index (χ3v) is 2.26. The third-order valence-electron chi connectivity index (χ3n) is 2.26. The van der Waals surface area contributed by atoms with Crippen molar-refractivity contribution >= 4 is 5.97 Å². The summed E-state index contributed by atoms with van der Waals surface area (Å²) in [7, 11) is 1.83. The number of carboxylic acid groups (broad SMARTS) is 1. The summed E-state index contributed by atoms with van der Waals surface area (Å²) in [6.45, 7) is 2.23. The average molecular weight is 197 g/mol. The smallest absolute Gasteiger partial charge is 0.304 e. The fourth-order valence-electron chi connectivity index (χ4n) is 1.31. The van der Waals surface area contributed by atoms with Crippen LogP contribution in [-0.2, 0) is 11.8 Å². The maximum atomic E-state index is 10.5. The first kappa shape index (κ1) is 10.7. The van der Waals surface area contributed by atoms with Crippen molar-refractivity contribution in [3.63, 3.8) is 0 Å². The molecule has 78 valence electrons. The van der Waals surface area contributed by atoms with Gasteiger partial charge in [0.05, 0.1) is 12.1 Å². The predicted molar refractivity (Wildman–Crippen MR) is 52.0 cm³/mol. The van der Waals surface area contributed by atoms with Gasteiger partial charge in [0, 0.05) is 25.2 Å². The molecule has 0 radical (unpaired) electrons. The Morgan fingerprint density at radius 2 is 2.43 bits per heavy atom. The Balaban J connectivity index is 2.83. The molecule has 0 fully saturated rings. The minimum atomic E-state index is -0.844. The van der Waals surface area contributed by atoms with Crippen molar-refractivity contribution in [2.75, 3.05) is 6.54 Å². The highest BCUT2D eigenvalue weighted by atomic mass is 16.4. The molecule has 0 aliphatic heterocycles. The van der Waals surface area contributed by atoms with E-state index in [1.54, 1.807) is 4.68 Å². The van der Waals surface area contributed by atoms with Gasteiger partial charge in [0.2, 0.25) is 0 Å². The van der Waals surface area contributed by atoms with Crippen molar-refractivity contribution in [1.82, 2.24) is 9.78 Å². The summed E-state index contributed by atoms with van der Waals surface area (Å²) >= 11 is 0. The highest BCUT2D eigenvalue weighted by Crippen LogP contribution is 2.17. The van der Waals surface area contributed by atoms with Crippen LogP contribution in [0.2, 0.25) is 0 Å². The van der Waals surface area contributed by atoms with Gasteiger partial charge in [-0.1, -0.05) is 0 Å². The maximum Gasteiger partial charge on any atom is 0.304 e. The number of rotatable bonds is 4. The molecule has 1 rings (SSSR count). The molecule has 0 aromatic carbocycles. The Morgan fingerprint density at radius 1 is 1.79 bits per heavy atom. The van der Waals surface area contributed by atoms with Crippen LogP contribution in [0.15, 0.2) is 6.07 Å². The zero-order valence-corrected chi connectivity index (χ0v) is 8.40. The lowest BCUT2D eigenvalue weighted by molar-refractivity contribution is -0.137. The van der Waals surface area contributed by atoms with Crippen LogP contribution in [0.1, 0.15) is 23.7 Å². The molecule has 5 heteroatoms. The number of hydrogen-bond acceptors (Lipinski definition) is 3. The first-order valence-corrected chi connectivity index (χ1v) is 4.47. The molecule has 0 aliphatic rings. The molecule has 5 nitrogen and oxygen atoms in total. The van der Waals surface area contributed by atoms with Crippen molar-refractivity contribution in [2.45, 2.75) is 19.3 Å². The topological polar surface area (TPSA) is 81.1 Å². The molecule has 14 heavy (non-hydrogen) atoms. The van der Waals surface area contributed by atoms with Crippen LogP contribution in [-0.4, -0.2) is 27.4 Å². The summed E-state index contributed by atoms with van der Waals surface area (Å²) in [6, 6.07) is 1.88. The number of carboxylic acids is 1. The van der Waals surface area contributed by atoms with Crippen LogP contribution in [0.25, 0.3) is 0 Å². The second-order valence-electron chi connectivity index (χ2n) is 3.36. The minimum Gasteiger partial charge on any atom is -0.481 e. The standard InChI is InChI=1S/C9H15N3O2/c1-6-3-8(11-12(6)2)7(5-10)4-9(13)14/h3,7H,4-5,10H2,1-2H3,(H,13,14). The summed E-state index contributed by atoms with van der Waals surface area (Å²) in [5.74, 6) is -1.03. The quantitative estimate of drug-likeness (QED) is 0.724. The van der Waals surface area contributed by atoms with Gasteiger partial charge in [-0.25, -0.2) is 0 Å². The highest BCUT2D eigenvalue weighted by molar-refractivity contribution is 5.67. The average Bonchev–Trinajstić information content (AvgIpc) is 2.42. The van der Waals surface area contributed by atoms with E-state index in [1.807, 2.05) is 20.0 Å². The molecular formula is C9H15N3O2. The van der Waals surface area contributed by atoms with Crippen molar-refractivity contribution in [2.24, 2.45) is 12.8 Å².